The topological polar surface area (TPSA) is 0 Å². The normalized spacial score (nSPS) is 22.5. The predicted molar refractivity (Wildman–Crippen MR) is 62.1 cm³/mol. The molecule has 1 rings (SSSR count). The predicted octanol–water partition coefficient (Wildman–Crippen LogP) is 4.15. The molecular weight excluding hydrogens is 184 g/mol. The van der Waals surface area contributed by atoms with Gasteiger partial charge in [0.1, 0.15) is 0 Å². The smallest absolute Gasteiger partial charge is 0.0610 e. The van der Waals surface area contributed by atoms with Gasteiger partial charge in [-0.1, -0.05) is 33.1 Å². The SMILES string of the molecule is CCSC1(SCC)CCCCC1. The molecule has 0 saturated heterocycles. The molecule has 0 spiro atoms. The zero-order valence-corrected chi connectivity index (χ0v) is 9.90. The van der Waals surface area contributed by atoms with Gasteiger partial charge in [-0.15, -0.1) is 23.5 Å². The van der Waals surface area contributed by atoms with Crippen LogP contribution in [0.15, 0.2) is 0 Å². The van der Waals surface area contributed by atoms with E-state index in [1.165, 1.54) is 43.6 Å². The summed E-state index contributed by atoms with van der Waals surface area (Å²) in [5.74, 6) is 2.57. The van der Waals surface area contributed by atoms with Crippen molar-refractivity contribution in [2.75, 3.05) is 11.5 Å². The molecule has 0 unspecified atom stereocenters. The van der Waals surface area contributed by atoms with Crippen LogP contribution in [0.4, 0.5) is 0 Å². The van der Waals surface area contributed by atoms with Crippen molar-refractivity contribution < 1.29 is 0 Å². The number of hydrogen-bond acceptors (Lipinski definition) is 2. The van der Waals surface area contributed by atoms with Crippen LogP contribution in [-0.4, -0.2) is 15.6 Å². The van der Waals surface area contributed by atoms with E-state index in [4.69, 9.17) is 0 Å². The third kappa shape index (κ3) is 2.88. The number of hydrogen-bond donors (Lipinski definition) is 0. The Kier molecular flexibility index (Phi) is 4.88. The first kappa shape index (κ1) is 10.8. The van der Waals surface area contributed by atoms with Crippen molar-refractivity contribution in [2.24, 2.45) is 0 Å². The van der Waals surface area contributed by atoms with E-state index in [0.717, 1.165) is 0 Å². The molecule has 0 bridgehead atoms. The fourth-order valence-corrected chi connectivity index (χ4v) is 5.19. The Bertz CT molecular complexity index is 101. The van der Waals surface area contributed by atoms with Crippen LogP contribution in [0, 0.1) is 0 Å². The second-order valence-electron chi connectivity index (χ2n) is 3.34. The minimum atomic E-state index is 0.613. The standard InChI is InChI=1S/C10H20S2/c1-3-11-10(12-4-2)8-6-5-7-9-10/h3-9H2,1-2H3. The Hall–Kier alpha value is 0.700. The monoisotopic (exact) mass is 204 g/mol. The molecule has 72 valence electrons. The van der Waals surface area contributed by atoms with E-state index in [1.54, 1.807) is 0 Å². The van der Waals surface area contributed by atoms with Gasteiger partial charge in [0, 0.05) is 0 Å². The van der Waals surface area contributed by atoms with E-state index in [1.807, 2.05) is 0 Å². The zero-order valence-electron chi connectivity index (χ0n) is 8.27. The quantitative estimate of drug-likeness (QED) is 0.631. The molecule has 1 aliphatic rings. The maximum atomic E-state index is 2.29. The average molecular weight is 204 g/mol. The maximum Gasteiger partial charge on any atom is 0.0610 e. The van der Waals surface area contributed by atoms with Gasteiger partial charge >= 0.3 is 0 Å². The Balaban J connectivity index is 2.44. The molecule has 0 aromatic heterocycles. The lowest BCUT2D eigenvalue weighted by molar-refractivity contribution is 0.491. The van der Waals surface area contributed by atoms with Crippen molar-refractivity contribution in [2.45, 2.75) is 50.0 Å². The zero-order chi connectivity index (χ0) is 8.86. The highest BCUT2D eigenvalue weighted by Crippen LogP contribution is 2.47. The first-order valence-corrected chi connectivity index (χ1v) is 7.08. The summed E-state index contributed by atoms with van der Waals surface area (Å²) in [7, 11) is 0. The lowest BCUT2D eigenvalue weighted by Gasteiger charge is -2.35. The van der Waals surface area contributed by atoms with Gasteiger partial charge in [0.25, 0.3) is 0 Å². The molecule has 0 aromatic carbocycles. The summed E-state index contributed by atoms with van der Waals surface area (Å²) in [6, 6.07) is 0. The van der Waals surface area contributed by atoms with Crippen LogP contribution in [0.5, 0.6) is 0 Å². The molecule has 0 aromatic rings. The Morgan fingerprint density at radius 1 is 0.917 bits per heavy atom. The first-order valence-electron chi connectivity index (χ1n) is 5.11. The van der Waals surface area contributed by atoms with E-state index < -0.39 is 0 Å². The molecular formula is C10H20S2. The van der Waals surface area contributed by atoms with Gasteiger partial charge in [0.15, 0.2) is 0 Å². The van der Waals surface area contributed by atoms with Crippen molar-refractivity contribution in [3.05, 3.63) is 0 Å². The van der Waals surface area contributed by atoms with E-state index in [9.17, 15) is 0 Å². The first-order chi connectivity index (χ1) is 5.83. The minimum absolute atomic E-state index is 0.613. The molecule has 0 radical (unpaired) electrons. The van der Waals surface area contributed by atoms with Gasteiger partial charge in [-0.2, -0.15) is 0 Å². The van der Waals surface area contributed by atoms with Gasteiger partial charge in [-0.3, -0.25) is 0 Å². The molecule has 1 aliphatic carbocycles. The van der Waals surface area contributed by atoms with E-state index in [0.29, 0.717) is 4.08 Å². The molecule has 1 saturated carbocycles. The lowest BCUT2D eigenvalue weighted by atomic mass is 10.00. The molecule has 0 nitrogen and oxygen atoms in total. The molecule has 0 aliphatic heterocycles. The van der Waals surface area contributed by atoms with Crippen LogP contribution in [0.3, 0.4) is 0 Å². The summed E-state index contributed by atoms with van der Waals surface area (Å²) in [6.07, 6.45) is 7.28. The van der Waals surface area contributed by atoms with Crippen molar-refractivity contribution in [3.8, 4) is 0 Å². The van der Waals surface area contributed by atoms with Crippen LogP contribution in [0.25, 0.3) is 0 Å². The average Bonchev–Trinajstić information content (AvgIpc) is 2.07. The summed E-state index contributed by atoms with van der Waals surface area (Å²) in [5.41, 5.74) is 0. The van der Waals surface area contributed by atoms with E-state index >= 15 is 0 Å². The van der Waals surface area contributed by atoms with Gasteiger partial charge in [-0.05, 0) is 24.3 Å². The molecule has 0 amide bonds. The third-order valence-corrected chi connectivity index (χ3v) is 5.58. The minimum Gasteiger partial charge on any atom is -0.145 e. The molecule has 1 fully saturated rings. The highest BCUT2D eigenvalue weighted by atomic mass is 32.2. The van der Waals surface area contributed by atoms with E-state index in [-0.39, 0.29) is 0 Å². The van der Waals surface area contributed by atoms with Crippen LogP contribution in [0.1, 0.15) is 46.0 Å². The van der Waals surface area contributed by atoms with Crippen LogP contribution in [0.2, 0.25) is 0 Å². The van der Waals surface area contributed by atoms with Gasteiger partial charge < -0.3 is 0 Å². The van der Waals surface area contributed by atoms with Crippen molar-refractivity contribution in [3.63, 3.8) is 0 Å². The van der Waals surface area contributed by atoms with Crippen LogP contribution in [-0.2, 0) is 0 Å². The molecule has 0 N–H and O–H groups in total. The fourth-order valence-electron chi connectivity index (χ4n) is 1.95. The van der Waals surface area contributed by atoms with Crippen LogP contribution >= 0.6 is 23.5 Å². The Morgan fingerprint density at radius 2 is 1.42 bits per heavy atom. The van der Waals surface area contributed by atoms with Crippen molar-refractivity contribution >= 4 is 23.5 Å². The third-order valence-electron chi connectivity index (χ3n) is 2.43. The van der Waals surface area contributed by atoms with Gasteiger partial charge in [0.05, 0.1) is 4.08 Å². The second kappa shape index (κ2) is 5.43. The van der Waals surface area contributed by atoms with E-state index in [2.05, 4.69) is 37.4 Å². The Morgan fingerprint density at radius 3 is 1.83 bits per heavy atom. The number of rotatable bonds is 4. The summed E-state index contributed by atoms with van der Waals surface area (Å²) in [6.45, 7) is 4.58. The van der Waals surface area contributed by atoms with Crippen molar-refractivity contribution in [1.82, 2.24) is 0 Å². The Labute approximate surface area is 85.3 Å². The van der Waals surface area contributed by atoms with Crippen molar-refractivity contribution in [1.29, 1.82) is 0 Å². The highest BCUT2D eigenvalue weighted by Gasteiger charge is 2.31. The molecule has 12 heavy (non-hydrogen) atoms. The lowest BCUT2D eigenvalue weighted by Crippen LogP contribution is -2.24. The molecule has 0 atom stereocenters. The largest absolute Gasteiger partial charge is 0.145 e. The van der Waals surface area contributed by atoms with Gasteiger partial charge in [0.2, 0.25) is 0 Å². The molecule has 0 heterocycles. The summed E-state index contributed by atoms with van der Waals surface area (Å²) >= 11 is 4.37. The number of thioether (sulfide) groups is 2. The summed E-state index contributed by atoms with van der Waals surface area (Å²) < 4.78 is 0.613. The van der Waals surface area contributed by atoms with Crippen LogP contribution < -0.4 is 0 Å². The molecule has 2 heteroatoms. The van der Waals surface area contributed by atoms with Gasteiger partial charge in [-0.25, -0.2) is 0 Å². The summed E-state index contributed by atoms with van der Waals surface area (Å²) in [4.78, 5) is 0. The summed E-state index contributed by atoms with van der Waals surface area (Å²) in [5, 5.41) is 0. The second-order valence-corrected chi connectivity index (χ2v) is 6.89. The highest BCUT2D eigenvalue weighted by molar-refractivity contribution is 8.18. The fraction of sp³-hybridized carbons (Fsp3) is 1.00. The maximum absolute atomic E-state index is 2.29.